The number of nitrogens with one attached hydrogen (secondary N) is 2. The first-order chi connectivity index (χ1) is 10.0. The molecule has 0 fully saturated rings. The van der Waals surface area contributed by atoms with Crippen LogP contribution < -0.4 is 10.6 Å². The Kier molecular flexibility index (Phi) is 7.10. The van der Waals surface area contributed by atoms with E-state index in [2.05, 4.69) is 15.4 Å². The topological polar surface area (TPSA) is 87.7 Å². The molecule has 1 aromatic rings. The van der Waals surface area contributed by atoms with Crippen molar-refractivity contribution >= 4 is 12.0 Å². The van der Waals surface area contributed by atoms with E-state index in [0.717, 1.165) is 0 Å². The lowest BCUT2D eigenvalue weighted by atomic mass is 10.1. The van der Waals surface area contributed by atoms with Gasteiger partial charge in [-0.1, -0.05) is 30.3 Å². The van der Waals surface area contributed by atoms with Crippen molar-refractivity contribution < 1.29 is 28.2 Å². The number of urea groups is 1. The normalized spacial score (nSPS) is 12.0. The van der Waals surface area contributed by atoms with Crippen LogP contribution in [0.1, 0.15) is 11.6 Å². The maximum absolute atomic E-state index is 11.8. The van der Waals surface area contributed by atoms with Crippen molar-refractivity contribution in [3.8, 4) is 0 Å². The number of aliphatic carboxylic acids is 1. The molecule has 0 aliphatic rings. The van der Waals surface area contributed by atoms with Gasteiger partial charge in [-0.15, -0.1) is 0 Å². The number of hydrogen-bond donors (Lipinski definition) is 3. The van der Waals surface area contributed by atoms with Crippen molar-refractivity contribution in [2.45, 2.75) is 12.5 Å². The summed E-state index contributed by atoms with van der Waals surface area (Å²) in [5, 5.41) is 13.7. The van der Waals surface area contributed by atoms with Crippen molar-refractivity contribution in [3.63, 3.8) is 0 Å². The zero-order valence-corrected chi connectivity index (χ0v) is 11.1. The fourth-order valence-corrected chi connectivity index (χ4v) is 1.52. The smallest absolute Gasteiger partial charge is 0.330 e. The van der Waals surface area contributed by atoms with E-state index < -0.39 is 31.1 Å². The Bertz CT molecular complexity index is 457. The summed E-state index contributed by atoms with van der Waals surface area (Å²) in [5.74, 6) is -1.20. The maximum Gasteiger partial charge on any atom is 0.330 e. The van der Waals surface area contributed by atoms with Gasteiger partial charge in [-0.05, 0) is 5.56 Å². The summed E-state index contributed by atoms with van der Waals surface area (Å²) in [7, 11) is 0. The monoisotopic (exact) mass is 302 g/mol. The van der Waals surface area contributed by atoms with Gasteiger partial charge >= 0.3 is 12.0 Å². The Morgan fingerprint density at radius 2 is 1.90 bits per heavy atom. The molecule has 3 N–H and O–H groups in total. The molecule has 0 bridgehead atoms. The van der Waals surface area contributed by atoms with Gasteiger partial charge < -0.3 is 20.5 Å². The van der Waals surface area contributed by atoms with Gasteiger partial charge in [-0.3, -0.25) is 0 Å². The van der Waals surface area contributed by atoms with Gasteiger partial charge in [0.2, 0.25) is 0 Å². The zero-order chi connectivity index (χ0) is 15.7. The van der Waals surface area contributed by atoms with Gasteiger partial charge in [0.15, 0.2) is 6.04 Å². The second-order valence-corrected chi connectivity index (χ2v) is 4.05. The molecule has 1 aromatic carbocycles. The second-order valence-electron chi connectivity index (χ2n) is 4.05. The number of carbonyl (C=O) groups is 2. The van der Waals surface area contributed by atoms with E-state index in [0.29, 0.717) is 5.56 Å². The minimum atomic E-state index is -2.56. The lowest BCUT2D eigenvalue weighted by Crippen LogP contribution is -2.42. The number of carboxylic acids is 1. The van der Waals surface area contributed by atoms with Gasteiger partial charge in [0.05, 0.1) is 6.61 Å². The number of alkyl halides is 2. The molecule has 0 saturated carbocycles. The highest BCUT2D eigenvalue weighted by Gasteiger charge is 2.21. The molecular weight excluding hydrogens is 286 g/mol. The maximum atomic E-state index is 11.8. The average molecular weight is 302 g/mol. The van der Waals surface area contributed by atoms with E-state index in [1.54, 1.807) is 30.3 Å². The van der Waals surface area contributed by atoms with Gasteiger partial charge in [-0.2, -0.15) is 0 Å². The number of amides is 2. The molecule has 1 rings (SSSR count). The highest BCUT2D eigenvalue weighted by Crippen LogP contribution is 2.12. The quantitative estimate of drug-likeness (QED) is 0.633. The summed E-state index contributed by atoms with van der Waals surface area (Å²) in [6.45, 7) is -0.786. The number of rotatable bonds is 8. The predicted octanol–water partition coefficient (Wildman–Crippen LogP) is 1.39. The van der Waals surface area contributed by atoms with Crippen LogP contribution in [0.2, 0.25) is 0 Å². The first-order valence-electron chi connectivity index (χ1n) is 6.18. The first kappa shape index (κ1) is 16.8. The van der Waals surface area contributed by atoms with Crippen LogP contribution in [0.3, 0.4) is 0 Å². The number of halogens is 2. The van der Waals surface area contributed by atoms with E-state index in [1.807, 2.05) is 0 Å². The molecule has 0 aliphatic carbocycles. The fraction of sp³-hybridized carbons (Fsp3) is 0.385. The number of carbonyl (C=O) groups excluding carboxylic acids is 1. The van der Waals surface area contributed by atoms with Crippen LogP contribution in [0.5, 0.6) is 0 Å². The highest BCUT2D eigenvalue weighted by molar-refractivity contribution is 5.83. The molecule has 0 unspecified atom stereocenters. The van der Waals surface area contributed by atoms with E-state index in [9.17, 15) is 18.4 Å². The molecule has 8 heteroatoms. The third kappa shape index (κ3) is 6.66. The third-order valence-corrected chi connectivity index (χ3v) is 2.43. The summed E-state index contributed by atoms with van der Waals surface area (Å²) in [6.07, 6.45) is -2.56. The third-order valence-electron chi connectivity index (χ3n) is 2.43. The SMILES string of the molecule is O=C(NCCOCC(F)F)N[C@@H](C(=O)O)c1ccccc1. The molecule has 0 spiro atoms. The minimum Gasteiger partial charge on any atom is -0.479 e. The standard InChI is InChI=1S/C13H16F2N2O4/c14-10(15)8-21-7-6-16-13(20)17-11(12(18)19)9-4-2-1-3-5-9/h1-5,10-11H,6-8H2,(H,18,19)(H2,16,17,20)/t11-/m1/s1. The van der Waals surface area contributed by atoms with Crippen molar-refractivity contribution in [2.75, 3.05) is 19.8 Å². The van der Waals surface area contributed by atoms with Crippen LogP contribution in [-0.2, 0) is 9.53 Å². The van der Waals surface area contributed by atoms with Crippen LogP contribution >= 0.6 is 0 Å². The fourth-order valence-electron chi connectivity index (χ4n) is 1.52. The predicted molar refractivity (Wildman–Crippen MR) is 70.2 cm³/mol. The summed E-state index contributed by atoms with van der Waals surface area (Å²) >= 11 is 0. The largest absolute Gasteiger partial charge is 0.479 e. The Morgan fingerprint density at radius 3 is 2.48 bits per heavy atom. The van der Waals surface area contributed by atoms with Crippen LogP contribution in [0.15, 0.2) is 30.3 Å². The molecule has 0 radical (unpaired) electrons. The summed E-state index contributed by atoms with van der Waals surface area (Å²) in [4.78, 5) is 22.7. The molecule has 0 aromatic heterocycles. The van der Waals surface area contributed by atoms with Crippen LogP contribution in [0.25, 0.3) is 0 Å². The highest BCUT2D eigenvalue weighted by atomic mass is 19.3. The number of ether oxygens (including phenoxy) is 1. The van der Waals surface area contributed by atoms with E-state index in [1.165, 1.54) is 0 Å². The summed E-state index contributed by atoms with van der Waals surface area (Å²) < 4.78 is 28.1. The number of carboxylic acid groups (broad SMARTS) is 1. The Balaban J connectivity index is 2.39. The summed E-state index contributed by atoms with van der Waals surface area (Å²) in [5.41, 5.74) is 0.425. The van der Waals surface area contributed by atoms with Crippen molar-refractivity contribution in [1.29, 1.82) is 0 Å². The molecule has 6 nitrogen and oxygen atoms in total. The minimum absolute atomic E-state index is 0.000315. The van der Waals surface area contributed by atoms with Crippen molar-refractivity contribution in [2.24, 2.45) is 0 Å². The van der Waals surface area contributed by atoms with Crippen molar-refractivity contribution in [3.05, 3.63) is 35.9 Å². The number of hydrogen-bond acceptors (Lipinski definition) is 3. The number of benzene rings is 1. The first-order valence-corrected chi connectivity index (χ1v) is 6.18. The average Bonchev–Trinajstić information content (AvgIpc) is 2.44. The van der Waals surface area contributed by atoms with Crippen LogP contribution in [-0.4, -0.2) is 43.3 Å². The molecule has 0 saturated heterocycles. The van der Waals surface area contributed by atoms with E-state index >= 15 is 0 Å². The molecule has 0 aliphatic heterocycles. The van der Waals surface area contributed by atoms with Crippen molar-refractivity contribution in [1.82, 2.24) is 10.6 Å². The van der Waals surface area contributed by atoms with E-state index in [-0.39, 0.29) is 13.2 Å². The molecule has 116 valence electrons. The van der Waals surface area contributed by atoms with Gasteiger partial charge in [0.25, 0.3) is 6.43 Å². The second kappa shape index (κ2) is 8.85. The Labute approximate surface area is 120 Å². The molecular formula is C13H16F2N2O4. The van der Waals surface area contributed by atoms with Gasteiger partial charge in [0, 0.05) is 6.54 Å². The van der Waals surface area contributed by atoms with Crippen LogP contribution in [0, 0.1) is 0 Å². The molecule has 2 amide bonds. The lowest BCUT2D eigenvalue weighted by Gasteiger charge is -2.15. The van der Waals surface area contributed by atoms with Gasteiger partial charge in [-0.25, -0.2) is 18.4 Å². The molecule has 0 heterocycles. The van der Waals surface area contributed by atoms with E-state index in [4.69, 9.17) is 5.11 Å². The Morgan fingerprint density at radius 1 is 1.24 bits per heavy atom. The lowest BCUT2D eigenvalue weighted by molar-refractivity contribution is -0.139. The summed E-state index contributed by atoms with van der Waals surface area (Å²) in [6, 6.07) is 6.28. The Hall–Kier alpha value is -2.22. The van der Waals surface area contributed by atoms with Crippen LogP contribution in [0.4, 0.5) is 13.6 Å². The van der Waals surface area contributed by atoms with Gasteiger partial charge in [0.1, 0.15) is 6.61 Å². The molecule has 21 heavy (non-hydrogen) atoms. The molecule has 1 atom stereocenters. The zero-order valence-electron chi connectivity index (χ0n) is 11.1.